The van der Waals surface area contributed by atoms with E-state index in [1.807, 2.05) is 60.7 Å². The normalized spacial score (nSPS) is 20.2. The molecule has 0 radical (unpaired) electrons. The van der Waals surface area contributed by atoms with Gasteiger partial charge in [0.2, 0.25) is 0 Å². The fourth-order valence-corrected chi connectivity index (χ4v) is 4.74. The maximum atomic E-state index is 13.4. The van der Waals surface area contributed by atoms with E-state index in [1.54, 1.807) is 6.92 Å². The number of rotatable bonds is 10. The number of ether oxygens (including phenoxy) is 1. The van der Waals surface area contributed by atoms with Crippen molar-refractivity contribution in [2.24, 2.45) is 0 Å². The Morgan fingerprint density at radius 3 is 2.14 bits per heavy atom. The Bertz CT molecular complexity index is 1230. The Balaban J connectivity index is 1.43. The van der Waals surface area contributed by atoms with Crippen molar-refractivity contribution in [2.45, 2.75) is 45.0 Å². The van der Waals surface area contributed by atoms with E-state index in [1.165, 1.54) is 10.8 Å². The number of aromatic amines is 1. The Morgan fingerprint density at radius 2 is 1.57 bits per heavy atom. The molecule has 2 aromatic carbocycles. The molecule has 11 heteroatoms. The van der Waals surface area contributed by atoms with Gasteiger partial charge in [0.05, 0.1) is 25.9 Å². The molecule has 2 N–H and O–H groups in total. The van der Waals surface area contributed by atoms with Crippen LogP contribution in [0.15, 0.2) is 76.4 Å². The van der Waals surface area contributed by atoms with Gasteiger partial charge in [-0.25, -0.2) is 9.36 Å². The van der Waals surface area contributed by atoms with E-state index >= 15 is 0 Å². The predicted molar refractivity (Wildman–Crippen MR) is 127 cm³/mol. The number of phosphoric acid groups is 1. The molecule has 3 atom stereocenters. The van der Waals surface area contributed by atoms with Crippen LogP contribution in [-0.4, -0.2) is 33.5 Å². The molecule has 186 valence electrons. The summed E-state index contributed by atoms with van der Waals surface area (Å²) >= 11 is 0. The van der Waals surface area contributed by atoms with Gasteiger partial charge in [0.15, 0.2) is 0 Å². The van der Waals surface area contributed by atoms with Crippen molar-refractivity contribution in [3.05, 3.63) is 104 Å². The van der Waals surface area contributed by atoms with Crippen LogP contribution in [0.5, 0.6) is 0 Å². The average molecular weight is 502 g/mol. The van der Waals surface area contributed by atoms with E-state index in [-0.39, 0.29) is 26.2 Å². The first-order valence-corrected chi connectivity index (χ1v) is 12.6. The first-order chi connectivity index (χ1) is 16.8. The quantitative estimate of drug-likeness (QED) is 0.405. The summed E-state index contributed by atoms with van der Waals surface area (Å²) in [6, 6.07) is 18.3. The van der Waals surface area contributed by atoms with Crippen LogP contribution in [0.25, 0.3) is 0 Å². The lowest BCUT2D eigenvalue weighted by molar-refractivity contribution is -0.0488. The van der Waals surface area contributed by atoms with Crippen LogP contribution < -0.4 is 11.2 Å². The molecular formula is C24H27N2O8P. The van der Waals surface area contributed by atoms with E-state index < -0.39 is 37.5 Å². The van der Waals surface area contributed by atoms with Crippen molar-refractivity contribution in [3.8, 4) is 0 Å². The van der Waals surface area contributed by atoms with Crippen molar-refractivity contribution in [3.63, 3.8) is 0 Å². The second kappa shape index (κ2) is 11.3. The fraction of sp³-hybridized carbons (Fsp3) is 0.333. The molecule has 10 nitrogen and oxygen atoms in total. The lowest BCUT2D eigenvalue weighted by Gasteiger charge is -2.21. The number of aliphatic hydroxyl groups is 1. The summed E-state index contributed by atoms with van der Waals surface area (Å²) in [7, 11) is -4.05. The molecule has 0 aliphatic carbocycles. The molecule has 3 aromatic rings. The van der Waals surface area contributed by atoms with E-state index in [4.69, 9.17) is 18.3 Å². The first kappa shape index (κ1) is 25.2. The highest BCUT2D eigenvalue weighted by Crippen LogP contribution is 2.51. The number of aryl methyl sites for hydroxylation is 1. The van der Waals surface area contributed by atoms with Crippen LogP contribution in [-0.2, 0) is 36.1 Å². The highest BCUT2D eigenvalue weighted by atomic mass is 31.2. The van der Waals surface area contributed by atoms with Gasteiger partial charge in [0, 0.05) is 18.2 Å². The smallest absolute Gasteiger partial charge is 0.390 e. The second-order valence-electron chi connectivity index (χ2n) is 8.17. The third-order valence-corrected chi connectivity index (χ3v) is 6.88. The van der Waals surface area contributed by atoms with Crippen LogP contribution in [0.4, 0.5) is 0 Å². The van der Waals surface area contributed by atoms with Crippen molar-refractivity contribution in [1.82, 2.24) is 9.55 Å². The number of phosphoric ester groups is 1. The molecule has 1 aromatic heterocycles. The molecule has 4 rings (SSSR count). The topological polar surface area (TPSA) is 129 Å². The molecule has 1 fully saturated rings. The van der Waals surface area contributed by atoms with Gasteiger partial charge in [-0.1, -0.05) is 60.7 Å². The van der Waals surface area contributed by atoms with Crippen LogP contribution in [0.1, 0.15) is 29.3 Å². The Labute approximate surface area is 201 Å². The summed E-state index contributed by atoms with van der Waals surface area (Å²) in [5, 5.41) is 10.5. The lowest BCUT2D eigenvalue weighted by Crippen LogP contribution is -2.33. The summed E-state index contributed by atoms with van der Waals surface area (Å²) in [4.78, 5) is 26.0. The summed E-state index contributed by atoms with van der Waals surface area (Å²) < 4.78 is 37.1. The molecule has 0 spiro atoms. The number of nitrogens with one attached hydrogen (secondary N) is 1. The van der Waals surface area contributed by atoms with Crippen LogP contribution in [0, 0.1) is 6.92 Å². The Hall–Kier alpha value is -2.85. The zero-order valence-corrected chi connectivity index (χ0v) is 20.0. The van der Waals surface area contributed by atoms with Gasteiger partial charge in [-0.05, 0) is 18.1 Å². The fourth-order valence-electron chi connectivity index (χ4n) is 3.57. The van der Waals surface area contributed by atoms with E-state index in [0.29, 0.717) is 5.56 Å². The molecular weight excluding hydrogens is 475 g/mol. The van der Waals surface area contributed by atoms with E-state index in [9.17, 15) is 19.3 Å². The third kappa shape index (κ3) is 6.64. The van der Waals surface area contributed by atoms with Crippen LogP contribution in [0.3, 0.4) is 0 Å². The minimum atomic E-state index is -4.05. The van der Waals surface area contributed by atoms with Crippen molar-refractivity contribution in [1.29, 1.82) is 0 Å². The van der Waals surface area contributed by atoms with Gasteiger partial charge < -0.3 is 9.84 Å². The predicted octanol–water partition coefficient (Wildman–Crippen LogP) is 3.05. The standard InChI is InChI=1S/C24H27N2O8P/c1-17-13-26(24(29)25-23(17)28)22-12-20(27)21(34-22)16-33-35(30,31-14-18-8-4-2-5-9-18)32-15-19-10-6-3-7-11-19/h2-11,13,20-22,27H,12,14-16H2,1H3,(H,25,28,29)/t20-,21+,22+/m0/s1. The lowest BCUT2D eigenvalue weighted by atomic mass is 10.2. The van der Waals surface area contributed by atoms with Gasteiger partial charge in [-0.15, -0.1) is 0 Å². The van der Waals surface area contributed by atoms with E-state index in [0.717, 1.165) is 11.1 Å². The number of aromatic nitrogens is 2. The summed E-state index contributed by atoms with van der Waals surface area (Å²) in [6.45, 7) is 1.26. The zero-order valence-electron chi connectivity index (χ0n) is 19.1. The van der Waals surface area contributed by atoms with Gasteiger partial charge in [0.25, 0.3) is 5.56 Å². The zero-order chi connectivity index (χ0) is 24.8. The van der Waals surface area contributed by atoms with Gasteiger partial charge in [-0.3, -0.25) is 27.9 Å². The van der Waals surface area contributed by atoms with Gasteiger partial charge in [0.1, 0.15) is 12.3 Å². The molecule has 1 saturated heterocycles. The third-order valence-electron chi connectivity index (χ3n) is 5.52. The Morgan fingerprint density at radius 1 is 1.00 bits per heavy atom. The van der Waals surface area contributed by atoms with Crippen molar-refractivity contribution in [2.75, 3.05) is 6.61 Å². The van der Waals surface area contributed by atoms with E-state index in [2.05, 4.69) is 4.98 Å². The first-order valence-electron chi connectivity index (χ1n) is 11.1. The summed E-state index contributed by atoms with van der Waals surface area (Å²) in [5.41, 5.74) is 0.754. The minimum absolute atomic E-state index is 0.00431. The molecule has 0 bridgehead atoms. The summed E-state index contributed by atoms with van der Waals surface area (Å²) in [5.74, 6) is 0. The number of benzene rings is 2. The molecule has 1 aliphatic rings. The number of nitrogens with zero attached hydrogens (tertiary/aromatic N) is 1. The Kier molecular flexibility index (Phi) is 8.12. The van der Waals surface area contributed by atoms with Crippen molar-refractivity contribution >= 4 is 7.82 Å². The SMILES string of the molecule is Cc1cn([C@H]2C[C@H](O)[C@@H](COP(=O)(OCc3ccccc3)OCc3ccccc3)O2)c(=O)[nH]c1=O. The van der Waals surface area contributed by atoms with Gasteiger partial charge >= 0.3 is 13.5 Å². The minimum Gasteiger partial charge on any atom is -0.390 e. The number of aliphatic hydroxyl groups excluding tert-OH is 1. The summed E-state index contributed by atoms with van der Waals surface area (Å²) in [6.07, 6.45) is -1.27. The molecule has 1 aliphatic heterocycles. The van der Waals surface area contributed by atoms with Crippen LogP contribution >= 0.6 is 7.82 Å². The number of H-pyrrole nitrogens is 1. The number of hydrogen-bond acceptors (Lipinski definition) is 8. The molecule has 0 unspecified atom stereocenters. The average Bonchev–Trinajstić information content (AvgIpc) is 3.24. The monoisotopic (exact) mass is 502 g/mol. The molecule has 0 saturated carbocycles. The van der Waals surface area contributed by atoms with Crippen molar-refractivity contribution < 1.29 is 28.0 Å². The number of hydrogen-bond donors (Lipinski definition) is 2. The molecule has 0 amide bonds. The maximum Gasteiger partial charge on any atom is 0.475 e. The van der Waals surface area contributed by atoms with Crippen LogP contribution in [0.2, 0.25) is 0 Å². The van der Waals surface area contributed by atoms with Gasteiger partial charge in [-0.2, -0.15) is 0 Å². The molecule has 35 heavy (non-hydrogen) atoms. The molecule has 2 heterocycles. The highest BCUT2D eigenvalue weighted by molar-refractivity contribution is 7.48. The highest BCUT2D eigenvalue weighted by Gasteiger charge is 2.38. The largest absolute Gasteiger partial charge is 0.475 e. The maximum absolute atomic E-state index is 13.4. The second-order valence-corrected chi connectivity index (χ2v) is 9.84.